The van der Waals surface area contributed by atoms with Crippen molar-refractivity contribution in [2.75, 3.05) is 13.7 Å². The number of nitrogens with one attached hydrogen (secondary N) is 1. The standard InChI is InChI=1S/C23H23BrN2O4/c1-30-17-9-6-15(7-10-17)21(14-4-5-14)25-20(27)3-2-12-26-22(28)18-11-8-16(24)13-19(18)23(26)29/h6-11,13-14,21H,2-5,12H2,1H3,(H,25,27). The molecule has 7 heteroatoms. The summed E-state index contributed by atoms with van der Waals surface area (Å²) in [6, 6.07) is 12.8. The van der Waals surface area contributed by atoms with Gasteiger partial charge in [0.25, 0.3) is 11.8 Å². The molecule has 1 unspecified atom stereocenters. The van der Waals surface area contributed by atoms with Crippen LogP contribution in [-0.2, 0) is 4.79 Å². The Bertz CT molecular complexity index is 985. The Balaban J connectivity index is 1.32. The first-order valence-electron chi connectivity index (χ1n) is 10.1. The summed E-state index contributed by atoms with van der Waals surface area (Å²) in [4.78, 5) is 38.8. The van der Waals surface area contributed by atoms with Crippen molar-refractivity contribution >= 4 is 33.7 Å². The Kier molecular flexibility index (Phi) is 5.90. The highest BCUT2D eigenvalue weighted by Crippen LogP contribution is 2.41. The van der Waals surface area contributed by atoms with Gasteiger partial charge in [0.15, 0.2) is 0 Å². The van der Waals surface area contributed by atoms with Crippen molar-refractivity contribution in [2.24, 2.45) is 5.92 Å². The Hall–Kier alpha value is -2.67. The van der Waals surface area contributed by atoms with Crippen LogP contribution < -0.4 is 10.1 Å². The summed E-state index contributed by atoms with van der Waals surface area (Å²) in [7, 11) is 1.63. The lowest BCUT2D eigenvalue weighted by atomic mass is 10.0. The van der Waals surface area contributed by atoms with E-state index in [1.165, 1.54) is 4.90 Å². The number of rotatable bonds is 8. The van der Waals surface area contributed by atoms with E-state index in [1.54, 1.807) is 25.3 Å². The average molecular weight is 471 g/mol. The maximum Gasteiger partial charge on any atom is 0.261 e. The first-order chi connectivity index (χ1) is 14.5. The summed E-state index contributed by atoms with van der Waals surface area (Å²) >= 11 is 3.33. The normalized spacial score (nSPS) is 16.4. The summed E-state index contributed by atoms with van der Waals surface area (Å²) in [6.45, 7) is 0.230. The Morgan fingerprint density at radius 1 is 1.13 bits per heavy atom. The number of hydrogen-bond donors (Lipinski definition) is 1. The van der Waals surface area contributed by atoms with E-state index in [0.717, 1.165) is 28.6 Å². The van der Waals surface area contributed by atoms with Gasteiger partial charge >= 0.3 is 0 Å². The van der Waals surface area contributed by atoms with Crippen molar-refractivity contribution in [1.82, 2.24) is 10.2 Å². The minimum absolute atomic E-state index is 0.0138. The number of carbonyl (C=O) groups excluding carboxylic acids is 3. The highest BCUT2D eigenvalue weighted by Gasteiger charge is 2.36. The fraction of sp³-hybridized carbons (Fsp3) is 0.348. The van der Waals surface area contributed by atoms with Crippen LogP contribution in [0.1, 0.15) is 58.0 Å². The van der Waals surface area contributed by atoms with Crippen molar-refractivity contribution in [3.8, 4) is 5.75 Å². The minimum atomic E-state index is -0.300. The third-order valence-corrected chi connectivity index (χ3v) is 6.10. The smallest absolute Gasteiger partial charge is 0.261 e. The van der Waals surface area contributed by atoms with Gasteiger partial charge < -0.3 is 10.1 Å². The van der Waals surface area contributed by atoms with Gasteiger partial charge in [-0.3, -0.25) is 19.3 Å². The Labute approximate surface area is 183 Å². The van der Waals surface area contributed by atoms with Crippen LogP contribution in [-0.4, -0.2) is 36.3 Å². The number of fused-ring (bicyclic) bond motifs is 1. The van der Waals surface area contributed by atoms with Crippen molar-refractivity contribution in [3.63, 3.8) is 0 Å². The van der Waals surface area contributed by atoms with Gasteiger partial charge in [-0.05, 0) is 61.1 Å². The molecule has 1 atom stereocenters. The Morgan fingerprint density at radius 2 is 1.83 bits per heavy atom. The predicted molar refractivity (Wildman–Crippen MR) is 115 cm³/mol. The zero-order chi connectivity index (χ0) is 21.3. The molecule has 6 nitrogen and oxygen atoms in total. The van der Waals surface area contributed by atoms with Crippen LogP contribution in [0.25, 0.3) is 0 Å². The molecule has 0 aromatic heterocycles. The molecule has 1 aliphatic heterocycles. The predicted octanol–water partition coefficient (Wildman–Crippen LogP) is 4.10. The van der Waals surface area contributed by atoms with Gasteiger partial charge in [0.05, 0.1) is 24.3 Å². The second-order valence-corrected chi connectivity index (χ2v) is 8.63. The van der Waals surface area contributed by atoms with Gasteiger partial charge in [-0.15, -0.1) is 0 Å². The van der Waals surface area contributed by atoms with Crippen LogP contribution in [0.4, 0.5) is 0 Å². The van der Waals surface area contributed by atoms with Crippen LogP contribution >= 0.6 is 15.9 Å². The van der Waals surface area contributed by atoms with E-state index >= 15 is 0 Å². The molecule has 2 aliphatic rings. The first-order valence-corrected chi connectivity index (χ1v) is 10.9. The highest BCUT2D eigenvalue weighted by molar-refractivity contribution is 9.10. The third kappa shape index (κ3) is 4.26. The number of benzene rings is 2. The monoisotopic (exact) mass is 470 g/mol. The molecule has 2 aromatic carbocycles. The minimum Gasteiger partial charge on any atom is -0.497 e. The average Bonchev–Trinajstić information content (AvgIpc) is 3.56. The van der Waals surface area contributed by atoms with Gasteiger partial charge in [0.1, 0.15) is 5.75 Å². The summed E-state index contributed by atoms with van der Waals surface area (Å²) in [5.74, 6) is 0.578. The molecule has 1 saturated carbocycles. The molecule has 2 aromatic rings. The van der Waals surface area contributed by atoms with E-state index in [9.17, 15) is 14.4 Å². The van der Waals surface area contributed by atoms with Crippen LogP contribution in [0.15, 0.2) is 46.9 Å². The quantitative estimate of drug-likeness (QED) is 0.589. The summed E-state index contributed by atoms with van der Waals surface area (Å²) < 4.78 is 5.96. The molecular weight excluding hydrogens is 448 g/mol. The van der Waals surface area contributed by atoms with Crippen LogP contribution in [0.2, 0.25) is 0 Å². The summed E-state index contributed by atoms with van der Waals surface area (Å²) in [5, 5.41) is 3.13. The first kappa shape index (κ1) is 20.6. The van der Waals surface area contributed by atoms with Crippen molar-refractivity contribution in [2.45, 2.75) is 31.7 Å². The van der Waals surface area contributed by atoms with Crippen LogP contribution in [0, 0.1) is 5.92 Å². The molecule has 1 heterocycles. The van der Waals surface area contributed by atoms with Crippen molar-refractivity contribution in [3.05, 3.63) is 63.6 Å². The van der Waals surface area contributed by atoms with Gasteiger partial charge in [-0.25, -0.2) is 0 Å². The fourth-order valence-electron chi connectivity index (χ4n) is 3.82. The summed E-state index contributed by atoms with van der Waals surface area (Å²) in [5.41, 5.74) is 1.89. The number of methoxy groups -OCH3 is 1. The van der Waals surface area contributed by atoms with E-state index < -0.39 is 0 Å². The summed E-state index contributed by atoms with van der Waals surface area (Å²) in [6.07, 6.45) is 2.89. The molecule has 0 bridgehead atoms. The lowest BCUT2D eigenvalue weighted by molar-refractivity contribution is -0.122. The molecule has 0 radical (unpaired) electrons. The zero-order valence-electron chi connectivity index (χ0n) is 16.7. The maximum atomic E-state index is 12.6. The largest absolute Gasteiger partial charge is 0.497 e. The molecule has 4 rings (SSSR count). The molecule has 1 fully saturated rings. The zero-order valence-corrected chi connectivity index (χ0v) is 18.3. The van der Waals surface area contributed by atoms with Crippen molar-refractivity contribution in [1.29, 1.82) is 0 Å². The van der Waals surface area contributed by atoms with Crippen LogP contribution in [0.3, 0.4) is 0 Å². The number of halogens is 1. The van der Waals surface area contributed by atoms with Gasteiger partial charge in [-0.2, -0.15) is 0 Å². The molecular formula is C23H23BrN2O4. The molecule has 0 saturated heterocycles. The van der Waals surface area contributed by atoms with Gasteiger partial charge in [0.2, 0.25) is 5.91 Å². The van der Waals surface area contributed by atoms with E-state index in [2.05, 4.69) is 21.2 Å². The second-order valence-electron chi connectivity index (χ2n) is 7.71. The molecule has 1 N–H and O–H groups in total. The molecule has 156 valence electrons. The highest BCUT2D eigenvalue weighted by atomic mass is 79.9. The van der Waals surface area contributed by atoms with Gasteiger partial charge in [0, 0.05) is 17.4 Å². The van der Waals surface area contributed by atoms with E-state index in [-0.39, 0.29) is 36.7 Å². The second kappa shape index (κ2) is 8.60. The number of ether oxygens (including phenoxy) is 1. The SMILES string of the molecule is COc1ccc(C(NC(=O)CCCN2C(=O)c3ccc(Br)cc3C2=O)C2CC2)cc1. The van der Waals surface area contributed by atoms with Crippen molar-refractivity contribution < 1.29 is 19.1 Å². The number of carbonyl (C=O) groups is 3. The third-order valence-electron chi connectivity index (χ3n) is 5.60. The number of imide groups is 1. The topological polar surface area (TPSA) is 75.7 Å². The lowest BCUT2D eigenvalue weighted by Crippen LogP contribution is -2.33. The molecule has 0 spiro atoms. The number of amides is 3. The molecule has 3 amide bonds. The maximum absolute atomic E-state index is 12.6. The lowest BCUT2D eigenvalue weighted by Gasteiger charge is -2.20. The Morgan fingerprint density at radius 3 is 2.50 bits per heavy atom. The van der Waals surface area contributed by atoms with E-state index in [1.807, 2.05) is 24.3 Å². The number of hydrogen-bond acceptors (Lipinski definition) is 4. The molecule has 1 aliphatic carbocycles. The van der Waals surface area contributed by atoms with Gasteiger partial charge in [-0.1, -0.05) is 28.1 Å². The number of nitrogens with zero attached hydrogens (tertiary/aromatic N) is 1. The van der Waals surface area contributed by atoms with E-state index in [0.29, 0.717) is 23.5 Å². The van der Waals surface area contributed by atoms with E-state index in [4.69, 9.17) is 4.74 Å². The fourth-order valence-corrected chi connectivity index (χ4v) is 4.18. The van der Waals surface area contributed by atoms with Crippen LogP contribution in [0.5, 0.6) is 5.75 Å². The molecule has 30 heavy (non-hydrogen) atoms.